The van der Waals surface area contributed by atoms with E-state index in [1.165, 1.54) is 0 Å². The van der Waals surface area contributed by atoms with Gasteiger partial charge in [-0.1, -0.05) is 6.42 Å². The van der Waals surface area contributed by atoms with E-state index in [2.05, 4.69) is 9.97 Å². The van der Waals surface area contributed by atoms with E-state index in [0.29, 0.717) is 6.54 Å². The maximum absolute atomic E-state index is 12.7. The van der Waals surface area contributed by atoms with Crippen LogP contribution in [0.25, 0.3) is 0 Å². The molecule has 1 aliphatic carbocycles. The number of ether oxygens (including phenoxy) is 1. The van der Waals surface area contributed by atoms with Crippen LogP contribution >= 0.6 is 0 Å². The molecule has 5 nitrogen and oxygen atoms in total. The normalized spacial score (nSPS) is 23.2. The molecule has 1 atom stereocenters. The van der Waals surface area contributed by atoms with Gasteiger partial charge in [0.1, 0.15) is 6.10 Å². The Kier molecular flexibility index (Phi) is 3.80. The minimum absolute atomic E-state index is 0.0989. The molecule has 1 amide bonds. The molecule has 2 heterocycles. The summed E-state index contributed by atoms with van der Waals surface area (Å²) < 4.78 is 18.4. The summed E-state index contributed by atoms with van der Waals surface area (Å²) >= 11 is 0. The highest BCUT2D eigenvalue weighted by atomic mass is 19.1. The van der Waals surface area contributed by atoms with Crippen LogP contribution in [0, 0.1) is 11.7 Å². The first kappa shape index (κ1) is 13.3. The molecule has 0 radical (unpaired) electrons. The average molecular weight is 279 g/mol. The fourth-order valence-corrected chi connectivity index (χ4v) is 2.66. The van der Waals surface area contributed by atoms with Gasteiger partial charge in [0, 0.05) is 12.5 Å². The third-order valence-corrected chi connectivity index (χ3v) is 4.01. The number of carbonyl (C=O) groups excluding carboxylic acids is 1. The van der Waals surface area contributed by atoms with Crippen LogP contribution in [0.5, 0.6) is 6.01 Å². The van der Waals surface area contributed by atoms with E-state index in [1.807, 2.05) is 4.90 Å². The third-order valence-electron chi connectivity index (χ3n) is 4.01. The van der Waals surface area contributed by atoms with Crippen molar-refractivity contribution in [3.63, 3.8) is 0 Å². The molecule has 0 spiro atoms. The SMILES string of the molecule is O=C(C1CCC1)N1CCCC(Oc2ncc(F)cn2)C1. The third kappa shape index (κ3) is 2.89. The van der Waals surface area contributed by atoms with Gasteiger partial charge in [-0.05, 0) is 25.7 Å². The van der Waals surface area contributed by atoms with Crippen LogP contribution in [0.2, 0.25) is 0 Å². The summed E-state index contributed by atoms with van der Waals surface area (Å²) in [7, 11) is 0. The molecule has 0 aromatic carbocycles. The Bertz CT molecular complexity index is 476. The van der Waals surface area contributed by atoms with Crippen molar-refractivity contribution in [3.8, 4) is 6.01 Å². The van der Waals surface area contributed by atoms with Crippen molar-refractivity contribution in [3.05, 3.63) is 18.2 Å². The van der Waals surface area contributed by atoms with Crippen molar-refractivity contribution in [2.45, 2.75) is 38.2 Å². The zero-order valence-corrected chi connectivity index (χ0v) is 11.3. The van der Waals surface area contributed by atoms with Crippen LogP contribution in [-0.4, -0.2) is 40.0 Å². The zero-order chi connectivity index (χ0) is 13.9. The molecule has 0 bridgehead atoms. The molecule has 1 aromatic rings. The van der Waals surface area contributed by atoms with E-state index in [1.54, 1.807) is 0 Å². The summed E-state index contributed by atoms with van der Waals surface area (Å²) in [5, 5.41) is 0. The second-order valence-corrected chi connectivity index (χ2v) is 5.48. The minimum atomic E-state index is -0.484. The monoisotopic (exact) mass is 279 g/mol. The van der Waals surface area contributed by atoms with Gasteiger partial charge in [-0.15, -0.1) is 0 Å². The Labute approximate surface area is 117 Å². The molecule has 3 rings (SSSR count). The minimum Gasteiger partial charge on any atom is -0.458 e. The molecule has 1 aliphatic heterocycles. The summed E-state index contributed by atoms with van der Waals surface area (Å²) in [6.45, 7) is 1.38. The molecule has 6 heteroatoms. The lowest BCUT2D eigenvalue weighted by molar-refractivity contribution is -0.140. The average Bonchev–Trinajstić information content (AvgIpc) is 2.40. The van der Waals surface area contributed by atoms with Gasteiger partial charge < -0.3 is 9.64 Å². The Hall–Kier alpha value is -1.72. The summed E-state index contributed by atoms with van der Waals surface area (Å²) in [6.07, 6.45) is 7.06. The van der Waals surface area contributed by atoms with Gasteiger partial charge in [0.2, 0.25) is 5.91 Å². The number of rotatable bonds is 3. The summed E-state index contributed by atoms with van der Waals surface area (Å²) in [6, 6.07) is 0.175. The molecule has 2 aliphatic rings. The maximum Gasteiger partial charge on any atom is 0.316 e. The van der Waals surface area contributed by atoms with Gasteiger partial charge in [0.05, 0.1) is 18.9 Å². The van der Waals surface area contributed by atoms with E-state index in [4.69, 9.17) is 4.74 Å². The largest absolute Gasteiger partial charge is 0.458 e. The second-order valence-electron chi connectivity index (χ2n) is 5.48. The highest BCUT2D eigenvalue weighted by Gasteiger charge is 2.32. The number of hydrogen-bond donors (Lipinski definition) is 0. The molecular weight excluding hydrogens is 261 g/mol. The van der Waals surface area contributed by atoms with Crippen LogP contribution < -0.4 is 4.74 Å². The van der Waals surface area contributed by atoms with Crippen molar-refractivity contribution in [1.29, 1.82) is 0 Å². The topological polar surface area (TPSA) is 55.3 Å². The van der Waals surface area contributed by atoms with Crippen LogP contribution in [0.1, 0.15) is 32.1 Å². The van der Waals surface area contributed by atoms with Crippen molar-refractivity contribution in [1.82, 2.24) is 14.9 Å². The lowest BCUT2D eigenvalue weighted by Crippen LogP contribution is -2.47. The molecule has 1 saturated carbocycles. The number of nitrogens with zero attached hydrogens (tertiary/aromatic N) is 3. The smallest absolute Gasteiger partial charge is 0.316 e. The zero-order valence-electron chi connectivity index (χ0n) is 11.3. The lowest BCUT2D eigenvalue weighted by atomic mass is 9.84. The molecule has 0 N–H and O–H groups in total. The lowest BCUT2D eigenvalue weighted by Gasteiger charge is -2.36. The Morgan fingerprint density at radius 2 is 2.00 bits per heavy atom. The molecule has 1 unspecified atom stereocenters. The second kappa shape index (κ2) is 5.73. The molecular formula is C14H18FN3O2. The highest BCUT2D eigenvalue weighted by Crippen LogP contribution is 2.29. The number of piperidine rings is 1. The first-order valence-electron chi connectivity index (χ1n) is 7.15. The van der Waals surface area contributed by atoms with E-state index >= 15 is 0 Å². The number of hydrogen-bond acceptors (Lipinski definition) is 4. The Balaban J connectivity index is 1.57. The molecule has 20 heavy (non-hydrogen) atoms. The first-order valence-corrected chi connectivity index (χ1v) is 7.15. The number of amides is 1. The van der Waals surface area contributed by atoms with Gasteiger partial charge in [-0.25, -0.2) is 14.4 Å². The number of halogens is 1. The van der Waals surface area contributed by atoms with Crippen molar-refractivity contribution < 1.29 is 13.9 Å². The van der Waals surface area contributed by atoms with Crippen molar-refractivity contribution in [2.24, 2.45) is 5.92 Å². The number of carbonyl (C=O) groups is 1. The van der Waals surface area contributed by atoms with Gasteiger partial charge >= 0.3 is 6.01 Å². The Morgan fingerprint density at radius 3 is 2.65 bits per heavy atom. The van der Waals surface area contributed by atoms with E-state index in [0.717, 1.165) is 51.0 Å². The maximum atomic E-state index is 12.7. The van der Waals surface area contributed by atoms with Gasteiger partial charge in [0.15, 0.2) is 5.82 Å². The first-order chi connectivity index (χ1) is 9.72. The summed E-state index contributed by atoms with van der Waals surface area (Å²) in [5.41, 5.74) is 0. The van der Waals surface area contributed by atoms with Crippen molar-refractivity contribution >= 4 is 5.91 Å². The summed E-state index contributed by atoms with van der Waals surface area (Å²) in [5.74, 6) is -0.0109. The van der Waals surface area contributed by atoms with Crippen LogP contribution in [0.15, 0.2) is 12.4 Å². The van der Waals surface area contributed by atoms with Crippen LogP contribution in [-0.2, 0) is 4.79 Å². The van der Waals surface area contributed by atoms with Gasteiger partial charge in [0.25, 0.3) is 0 Å². The molecule has 1 saturated heterocycles. The highest BCUT2D eigenvalue weighted by molar-refractivity contribution is 5.79. The van der Waals surface area contributed by atoms with Crippen molar-refractivity contribution in [2.75, 3.05) is 13.1 Å². The van der Waals surface area contributed by atoms with Gasteiger partial charge in [-0.3, -0.25) is 4.79 Å². The van der Waals surface area contributed by atoms with E-state index < -0.39 is 5.82 Å². The number of aromatic nitrogens is 2. The number of likely N-dealkylation sites (tertiary alicyclic amines) is 1. The molecule has 2 fully saturated rings. The standard InChI is InChI=1S/C14H18FN3O2/c15-11-7-16-14(17-8-11)20-12-5-2-6-18(9-12)13(19)10-3-1-4-10/h7-8,10,12H,1-6,9H2. The van der Waals surface area contributed by atoms with Crippen LogP contribution in [0.3, 0.4) is 0 Å². The summed E-state index contributed by atoms with van der Waals surface area (Å²) in [4.78, 5) is 21.7. The Morgan fingerprint density at radius 1 is 1.25 bits per heavy atom. The van der Waals surface area contributed by atoms with Gasteiger partial charge in [-0.2, -0.15) is 0 Å². The van der Waals surface area contributed by atoms with E-state index in [9.17, 15) is 9.18 Å². The fraction of sp³-hybridized carbons (Fsp3) is 0.643. The molecule has 1 aromatic heterocycles. The predicted octanol–water partition coefficient (Wildman–Crippen LogP) is 1.79. The fourth-order valence-electron chi connectivity index (χ4n) is 2.66. The quantitative estimate of drug-likeness (QED) is 0.846. The predicted molar refractivity (Wildman–Crippen MR) is 69.6 cm³/mol. The van der Waals surface area contributed by atoms with Crippen LogP contribution in [0.4, 0.5) is 4.39 Å². The van der Waals surface area contributed by atoms with E-state index in [-0.39, 0.29) is 23.9 Å². The molecule has 108 valence electrons.